The SMILES string of the molecule is CC(=O)c1c[nH]c(C(=O)O[C@@H](C)C(=O)Nc2ccc(SC(F)F)cc2)c1. The first kappa shape index (κ1) is 19.6. The van der Waals surface area contributed by atoms with Crippen LogP contribution in [0.15, 0.2) is 41.4 Å². The molecule has 0 fully saturated rings. The van der Waals surface area contributed by atoms with Crippen LogP contribution in [0.4, 0.5) is 14.5 Å². The molecule has 1 atom stereocenters. The zero-order chi connectivity index (χ0) is 19.3. The molecule has 0 aliphatic rings. The largest absolute Gasteiger partial charge is 0.448 e. The van der Waals surface area contributed by atoms with Crippen molar-refractivity contribution in [2.24, 2.45) is 0 Å². The van der Waals surface area contributed by atoms with E-state index < -0.39 is 23.7 Å². The molecule has 138 valence electrons. The molecule has 1 aromatic heterocycles. The summed E-state index contributed by atoms with van der Waals surface area (Å²) in [6.07, 6.45) is 0.282. The van der Waals surface area contributed by atoms with Gasteiger partial charge in [-0.25, -0.2) is 4.79 Å². The van der Waals surface area contributed by atoms with Gasteiger partial charge in [0.05, 0.1) is 0 Å². The zero-order valence-corrected chi connectivity index (χ0v) is 14.7. The van der Waals surface area contributed by atoms with E-state index in [2.05, 4.69) is 10.3 Å². The summed E-state index contributed by atoms with van der Waals surface area (Å²) in [6, 6.07) is 7.19. The molecule has 1 heterocycles. The van der Waals surface area contributed by atoms with Gasteiger partial charge in [0.15, 0.2) is 11.9 Å². The predicted molar refractivity (Wildman–Crippen MR) is 92.6 cm³/mol. The molecule has 1 amide bonds. The van der Waals surface area contributed by atoms with Crippen LogP contribution in [0.1, 0.15) is 34.7 Å². The molecule has 2 aromatic rings. The molecule has 0 bridgehead atoms. The number of benzene rings is 1. The number of rotatable bonds is 7. The Hall–Kier alpha value is -2.68. The Morgan fingerprint density at radius 2 is 1.85 bits per heavy atom. The Bertz CT molecular complexity index is 805. The van der Waals surface area contributed by atoms with Gasteiger partial charge in [-0.3, -0.25) is 9.59 Å². The van der Waals surface area contributed by atoms with Gasteiger partial charge in [-0.15, -0.1) is 0 Å². The monoisotopic (exact) mass is 382 g/mol. The third-order valence-electron chi connectivity index (χ3n) is 3.31. The Morgan fingerprint density at radius 3 is 2.38 bits per heavy atom. The maximum atomic E-state index is 12.3. The quantitative estimate of drug-likeness (QED) is 0.433. The summed E-state index contributed by atoms with van der Waals surface area (Å²) < 4.78 is 29.6. The minimum Gasteiger partial charge on any atom is -0.448 e. The Labute approximate surface area is 152 Å². The topological polar surface area (TPSA) is 88.3 Å². The lowest BCUT2D eigenvalue weighted by Crippen LogP contribution is -2.30. The number of carbonyl (C=O) groups excluding carboxylic acids is 3. The van der Waals surface area contributed by atoms with Crippen LogP contribution in [-0.2, 0) is 9.53 Å². The lowest BCUT2D eigenvalue weighted by Gasteiger charge is -2.13. The number of ketones is 1. The van der Waals surface area contributed by atoms with Gasteiger partial charge in [0.25, 0.3) is 11.7 Å². The van der Waals surface area contributed by atoms with Crippen LogP contribution in [-0.4, -0.2) is 34.5 Å². The van der Waals surface area contributed by atoms with Gasteiger partial charge in [-0.05, 0) is 44.2 Å². The first-order valence-corrected chi connectivity index (χ1v) is 8.40. The van der Waals surface area contributed by atoms with Crippen molar-refractivity contribution < 1.29 is 27.9 Å². The van der Waals surface area contributed by atoms with Crippen molar-refractivity contribution in [3.8, 4) is 0 Å². The summed E-state index contributed by atoms with van der Waals surface area (Å²) in [5, 5.41) is 2.53. The van der Waals surface area contributed by atoms with E-state index in [1.807, 2.05) is 0 Å². The molecule has 0 spiro atoms. The average Bonchev–Trinajstić information content (AvgIpc) is 3.06. The highest BCUT2D eigenvalue weighted by Crippen LogP contribution is 2.26. The van der Waals surface area contributed by atoms with E-state index in [0.29, 0.717) is 27.9 Å². The number of esters is 1. The van der Waals surface area contributed by atoms with E-state index in [1.54, 1.807) is 0 Å². The molecule has 0 aliphatic carbocycles. The summed E-state index contributed by atoms with van der Waals surface area (Å²) >= 11 is 0.399. The Morgan fingerprint density at radius 1 is 1.19 bits per heavy atom. The number of hydrogen-bond donors (Lipinski definition) is 2. The second-order valence-corrected chi connectivity index (χ2v) is 6.36. The second-order valence-electron chi connectivity index (χ2n) is 5.30. The fraction of sp³-hybridized carbons (Fsp3) is 0.235. The summed E-state index contributed by atoms with van der Waals surface area (Å²) in [5.41, 5.74) is 0.772. The van der Waals surface area contributed by atoms with E-state index >= 15 is 0 Å². The van der Waals surface area contributed by atoms with E-state index in [-0.39, 0.29) is 11.5 Å². The van der Waals surface area contributed by atoms with Gasteiger partial charge in [0.2, 0.25) is 0 Å². The minimum absolute atomic E-state index is 0.0585. The van der Waals surface area contributed by atoms with Crippen LogP contribution in [0.2, 0.25) is 0 Å². The minimum atomic E-state index is -2.52. The van der Waals surface area contributed by atoms with Gasteiger partial charge in [0.1, 0.15) is 5.69 Å². The van der Waals surface area contributed by atoms with Gasteiger partial charge in [0, 0.05) is 22.3 Å². The van der Waals surface area contributed by atoms with Crippen molar-refractivity contribution >= 4 is 35.1 Å². The number of amides is 1. The normalized spacial score (nSPS) is 11.9. The van der Waals surface area contributed by atoms with Crippen LogP contribution in [0.3, 0.4) is 0 Å². The average molecular weight is 382 g/mol. The number of Topliss-reactive ketones (excluding diaryl/α,β-unsaturated/α-hetero) is 1. The van der Waals surface area contributed by atoms with E-state index in [9.17, 15) is 23.2 Å². The first-order chi connectivity index (χ1) is 12.3. The molecular weight excluding hydrogens is 366 g/mol. The van der Waals surface area contributed by atoms with Crippen molar-refractivity contribution in [2.45, 2.75) is 30.6 Å². The van der Waals surface area contributed by atoms with Gasteiger partial charge in [-0.2, -0.15) is 8.78 Å². The van der Waals surface area contributed by atoms with Crippen LogP contribution < -0.4 is 5.32 Å². The molecule has 0 saturated carbocycles. The maximum Gasteiger partial charge on any atom is 0.355 e. The number of halogens is 2. The lowest BCUT2D eigenvalue weighted by atomic mass is 10.2. The maximum absolute atomic E-state index is 12.3. The number of thioether (sulfide) groups is 1. The van der Waals surface area contributed by atoms with Gasteiger partial charge in [-0.1, -0.05) is 11.8 Å². The number of aromatic nitrogens is 1. The van der Waals surface area contributed by atoms with Crippen molar-refractivity contribution in [1.29, 1.82) is 0 Å². The van der Waals surface area contributed by atoms with Crippen molar-refractivity contribution in [2.75, 3.05) is 5.32 Å². The third-order valence-corrected chi connectivity index (χ3v) is 4.03. The van der Waals surface area contributed by atoms with Crippen molar-refractivity contribution in [3.05, 3.63) is 47.8 Å². The molecule has 0 radical (unpaired) electrons. The van der Waals surface area contributed by atoms with Crippen molar-refractivity contribution in [3.63, 3.8) is 0 Å². The number of hydrogen-bond acceptors (Lipinski definition) is 5. The van der Waals surface area contributed by atoms with E-state index in [1.165, 1.54) is 50.4 Å². The van der Waals surface area contributed by atoms with Crippen LogP contribution in [0, 0.1) is 0 Å². The molecule has 0 aliphatic heterocycles. The predicted octanol–water partition coefficient (Wildman–Crippen LogP) is 3.72. The van der Waals surface area contributed by atoms with Crippen LogP contribution >= 0.6 is 11.8 Å². The summed E-state index contributed by atoms with van der Waals surface area (Å²) in [4.78, 5) is 38.3. The third kappa shape index (κ3) is 5.41. The molecular formula is C17H16F2N2O4S. The number of carbonyl (C=O) groups is 3. The number of H-pyrrole nitrogens is 1. The number of alkyl halides is 2. The number of ether oxygens (including phenoxy) is 1. The standard InChI is InChI=1S/C17H16F2N2O4S/c1-9(22)11-7-14(20-8-11)16(24)25-10(2)15(23)21-12-3-5-13(6-4-12)26-17(18)19/h3-8,10,17,20H,1-2H3,(H,21,23)/t10-/m0/s1. The Kier molecular flexibility index (Phi) is 6.51. The Balaban J connectivity index is 1.92. The molecule has 0 unspecified atom stereocenters. The highest BCUT2D eigenvalue weighted by Gasteiger charge is 2.20. The fourth-order valence-electron chi connectivity index (χ4n) is 1.96. The molecule has 9 heteroatoms. The highest BCUT2D eigenvalue weighted by atomic mass is 32.2. The smallest absolute Gasteiger partial charge is 0.355 e. The first-order valence-electron chi connectivity index (χ1n) is 7.52. The summed E-state index contributed by atoms with van der Waals surface area (Å²) in [7, 11) is 0. The summed E-state index contributed by atoms with van der Waals surface area (Å²) in [5.74, 6) is -4.08. The second kappa shape index (κ2) is 8.61. The van der Waals surface area contributed by atoms with E-state index in [4.69, 9.17) is 4.74 Å². The molecule has 0 saturated heterocycles. The molecule has 2 rings (SSSR count). The zero-order valence-electron chi connectivity index (χ0n) is 13.9. The molecule has 6 nitrogen and oxygen atoms in total. The van der Waals surface area contributed by atoms with Crippen LogP contribution in [0.5, 0.6) is 0 Å². The number of nitrogens with one attached hydrogen (secondary N) is 2. The number of aromatic amines is 1. The molecule has 26 heavy (non-hydrogen) atoms. The molecule has 1 aromatic carbocycles. The lowest BCUT2D eigenvalue weighted by molar-refractivity contribution is -0.123. The molecule has 2 N–H and O–H groups in total. The van der Waals surface area contributed by atoms with Gasteiger partial charge < -0.3 is 15.0 Å². The van der Waals surface area contributed by atoms with E-state index in [0.717, 1.165) is 0 Å². The fourth-order valence-corrected chi connectivity index (χ4v) is 2.46. The van der Waals surface area contributed by atoms with Gasteiger partial charge >= 0.3 is 5.97 Å². The summed E-state index contributed by atoms with van der Waals surface area (Å²) in [6.45, 7) is 2.75. The highest BCUT2D eigenvalue weighted by molar-refractivity contribution is 7.99. The van der Waals surface area contributed by atoms with Crippen molar-refractivity contribution in [1.82, 2.24) is 4.98 Å². The number of anilines is 1. The van der Waals surface area contributed by atoms with Crippen LogP contribution in [0.25, 0.3) is 0 Å².